The zero-order valence-electron chi connectivity index (χ0n) is 17.0. The van der Waals surface area contributed by atoms with Gasteiger partial charge in [-0.25, -0.2) is 4.79 Å². The fourth-order valence-electron chi connectivity index (χ4n) is 2.91. The van der Waals surface area contributed by atoms with Crippen molar-refractivity contribution in [2.24, 2.45) is 0 Å². The number of esters is 1. The highest BCUT2D eigenvalue weighted by atomic mass is 16.5. The van der Waals surface area contributed by atoms with Gasteiger partial charge < -0.3 is 15.4 Å². The van der Waals surface area contributed by atoms with Gasteiger partial charge in [0.15, 0.2) is 6.61 Å². The Morgan fingerprint density at radius 3 is 2.13 bits per heavy atom. The van der Waals surface area contributed by atoms with Crippen LogP contribution < -0.4 is 10.6 Å². The van der Waals surface area contributed by atoms with Crippen LogP contribution in [0.4, 0.5) is 5.69 Å². The molecule has 0 aliphatic heterocycles. The second-order valence-electron chi connectivity index (χ2n) is 6.69. The van der Waals surface area contributed by atoms with E-state index in [1.54, 1.807) is 30.3 Å². The largest absolute Gasteiger partial charge is 0.451 e. The molecule has 0 spiro atoms. The minimum absolute atomic E-state index is 0.0452. The zero-order chi connectivity index (χ0) is 22.1. The summed E-state index contributed by atoms with van der Waals surface area (Å²) in [7, 11) is 0. The van der Waals surface area contributed by atoms with Crippen LogP contribution in [-0.2, 0) is 19.1 Å². The Balaban J connectivity index is 1.67. The molecule has 0 saturated carbocycles. The number of carbonyl (C=O) groups is 3. The molecular weight excluding hydrogens is 392 g/mol. The molecule has 2 N–H and O–H groups in total. The van der Waals surface area contributed by atoms with Crippen molar-refractivity contribution in [1.82, 2.24) is 5.32 Å². The van der Waals surface area contributed by atoms with Gasteiger partial charge in [0.05, 0.1) is 0 Å². The number of hydrogen-bond acceptors (Lipinski definition) is 4. The van der Waals surface area contributed by atoms with Crippen LogP contribution in [0.2, 0.25) is 0 Å². The Labute approximate surface area is 180 Å². The van der Waals surface area contributed by atoms with E-state index in [0.29, 0.717) is 11.3 Å². The number of para-hydroxylation sites is 1. The van der Waals surface area contributed by atoms with Gasteiger partial charge in [0.1, 0.15) is 5.70 Å². The Kier molecular flexibility index (Phi) is 7.32. The summed E-state index contributed by atoms with van der Waals surface area (Å²) >= 11 is 0. The van der Waals surface area contributed by atoms with Crippen molar-refractivity contribution < 1.29 is 19.1 Å². The van der Waals surface area contributed by atoms with E-state index < -0.39 is 24.4 Å². The van der Waals surface area contributed by atoms with Crippen LogP contribution in [0.25, 0.3) is 17.2 Å². The molecule has 2 amide bonds. The lowest BCUT2D eigenvalue weighted by Crippen LogP contribution is -2.29. The lowest BCUT2D eigenvalue weighted by atomic mass is 10.0. The first-order valence-electron chi connectivity index (χ1n) is 9.68. The SMILES string of the molecule is CC(=O)N/C(=C/c1ccccc1)C(=O)OCC(=O)Nc1ccccc1-c1ccccc1. The quantitative estimate of drug-likeness (QED) is 0.452. The molecule has 0 radical (unpaired) electrons. The molecule has 0 fully saturated rings. The summed E-state index contributed by atoms with van der Waals surface area (Å²) in [5.41, 5.74) is 3.08. The van der Waals surface area contributed by atoms with E-state index in [0.717, 1.165) is 11.1 Å². The molecule has 6 nitrogen and oxygen atoms in total. The molecule has 3 rings (SSSR count). The van der Waals surface area contributed by atoms with E-state index in [2.05, 4.69) is 10.6 Å². The fraction of sp³-hybridized carbons (Fsp3) is 0.0800. The lowest BCUT2D eigenvalue weighted by molar-refractivity contribution is -0.144. The van der Waals surface area contributed by atoms with E-state index in [1.807, 2.05) is 54.6 Å². The molecule has 0 atom stereocenters. The third-order valence-corrected chi connectivity index (χ3v) is 4.26. The highest BCUT2D eigenvalue weighted by Gasteiger charge is 2.16. The third-order valence-electron chi connectivity index (χ3n) is 4.26. The number of nitrogens with one attached hydrogen (secondary N) is 2. The van der Waals surface area contributed by atoms with Gasteiger partial charge in [-0.05, 0) is 23.3 Å². The van der Waals surface area contributed by atoms with Crippen molar-refractivity contribution in [3.8, 4) is 11.1 Å². The van der Waals surface area contributed by atoms with Crippen LogP contribution in [0.1, 0.15) is 12.5 Å². The number of ether oxygens (including phenoxy) is 1. The maximum Gasteiger partial charge on any atom is 0.355 e. The average Bonchev–Trinajstić information content (AvgIpc) is 2.78. The molecule has 0 heterocycles. The first-order valence-corrected chi connectivity index (χ1v) is 9.68. The van der Waals surface area contributed by atoms with Crippen LogP contribution in [0.3, 0.4) is 0 Å². The van der Waals surface area contributed by atoms with Gasteiger partial charge in [0.2, 0.25) is 5.91 Å². The average molecular weight is 414 g/mol. The van der Waals surface area contributed by atoms with Gasteiger partial charge in [0.25, 0.3) is 5.91 Å². The molecule has 6 heteroatoms. The summed E-state index contributed by atoms with van der Waals surface area (Å²) in [6.07, 6.45) is 1.49. The minimum atomic E-state index is -0.800. The highest BCUT2D eigenvalue weighted by molar-refractivity contribution is 6.00. The zero-order valence-corrected chi connectivity index (χ0v) is 17.0. The Morgan fingerprint density at radius 1 is 0.839 bits per heavy atom. The molecule has 3 aromatic rings. The topological polar surface area (TPSA) is 84.5 Å². The number of amides is 2. The number of hydrogen-bond donors (Lipinski definition) is 2. The smallest absolute Gasteiger partial charge is 0.355 e. The van der Waals surface area contributed by atoms with E-state index in [1.165, 1.54) is 13.0 Å². The maximum absolute atomic E-state index is 12.4. The van der Waals surface area contributed by atoms with E-state index in [9.17, 15) is 14.4 Å². The van der Waals surface area contributed by atoms with E-state index in [4.69, 9.17) is 4.74 Å². The van der Waals surface area contributed by atoms with Gasteiger partial charge >= 0.3 is 5.97 Å². The number of rotatable bonds is 7. The summed E-state index contributed by atoms with van der Waals surface area (Å²) in [5, 5.41) is 5.22. The van der Waals surface area contributed by atoms with Gasteiger partial charge in [-0.1, -0.05) is 78.9 Å². The third kappa shape index (κ3) is 6.40. The van der Waals surface area contributed by atoms with Gasteiger partial charge in [-0.2, -0.15) is 0 Å². The van der Waals surface area contributed by atoms with Crippen molar-refractivity contribution >= 4 is 29.5 Å². The van der Waals surface area contributed by atoms with E-state index >= 15 is 0 Å². The molecule has 0 saturated heterocycles. The van der Waals surface area contributed by atoms with Crippen LogP contribution in [0.15, 0.2) is 90.6 Å². The number of anilines is 1. The summed E-state index contributed by atoms with van der Waals surface area (Å²) in [5.74, 6) is -1.70. The molecule has 0 aliphatic carbocycles. The Hall–Kier alpha value is -4.19. The normalized spacial score (nSPS) is 10.8. The van der Waals surface area contributed by atoms with Crippen LogP contribution in [0.5, 0.6) is 0 Å². The lowest BCUT2D eigenvalue weighted by Gasteiger charge is -2.12. The molecule has 0 unspecified atom stereocenters. The number of carbonyl (C=O) groups excluding carboxylic acids is 3. The van der Waals surface area contributed by atoms with E-state index in [-0.39, 0.29) is 5.70 Å². The molecular formula is C25H22N2O4. The first-order chi connectivity index (χ1) is 15.0. The second kappa shape index (κ2) is 10.5. The highest BCUT2D eigenvalue weighted by Crippen LogP contribution is 2.27. The summed E-state index contributed by atoms with van der Waals surface area (Å²) in [6, 6.07) is 26.0. The van der Waals surface area contributed by atoms with Gasteiger partial charge in [-0.3, -0.25) is 9.59 Å². The maximum atomic E-state index is 12.4. The fourth-order valence-corrected chi connectivity index (χ4v) is 2.91. The summed E-state index contributed by atoms with van der Waals surface area (Å²) < 4.78 is 5.12. The monoisotopic (exact) mass is 414 g/mol. The number of benzene rings is 3. The molecule has 3 aromatic carbocycles. The predicted octanol–water partition coefficient (Wildman–Crippen LogP) is 4.01. The van der Waals surface area contributed by atoms with Crippen molar-refractivity contribution in [2.75, 3.05) is 11.9 Å². The van der Waals surface area contributed by atoms with Gasteiger partial charge in [0, 0.05) is 18.2 Å². The molecule has 0 aliphatic rings. The minimum Gasteiger partial charge on any atom is -0.451 e. The molecule has 31 heavy (non-hydrogen) atoms. The molecule has 156 valence electrons. The van der Waals surface area contributed by atoms with Crippen molar-refractivity contribution in [3.63, 3.8) is 0 Å². The Bertz CT molecular complexity index is 1090. The van der Waals surface area contributed by atoms with Gasteiger partial charge in [-0.15, -0.1) is 0 Å². The Morgan fingerprint density at radius 2 is 1.45 bits per heavy atom. The van der Waals surface area contributed by atoms with Crippen LogP contribution in [-0.4, -0.2) is 24.4 Å². The molecule has 0 aromatic heterocycles. The van der Waals surface area contributed by atoms with Crippen LogP contribution >= 0.6 is 0 Å². The van der Waals surface area contributed by atoms with Crippen molar-refractivity contribution in [2.45, 2.75) is 6.92 Å². The first kappa shape index (κ1) is 21.5. The van der Waals surface area contributed by atoms with Crippen molar-refractivity contribution in [3.05, 3.63) is 96.2 Å². The molecule has 0 bridgehead atoms. The van der Waals surface area contributed by atoms with Crippen LogP contribution in [0, 0.1) is 0 Å². The predicted molar refractivity (Wildman–Crippen MR) is 120 cm³/mol. The van der Waals surface area contributed by atoms with Crippen molar-refractivity contribution in [1.29, 1.82) is 0 Å². The summed E-state index contributed by atoms with van der Waals surface area (Å²) in [4.78, 5) is 36.3. The standard InChI is InChI=1S/C25H22N2O4/c1-18(28)26-23(16-19-10-4-2-5-11-19)25(30)31-17-24(29)27-22-15-9-8-14-21(22)20-12-6-3-7-13-20/h2-16H,17H2,1H3,(H,26,28)(H,27,29)/b23-16+. The second-order valence-corrected chi connectivity index (χ2v) is 6.69. The summed E-state index contributed by atoms with van der Waals surface area (Å²) in [6.45, 7) is 0.799.